The average Bonchev–Trinajstić information content (AvgIpc) is 2.16. The Hall–Kier alpha value is -2.10. The third-order valence-electron chi connectivity index (χ3n) is 2.09. The second-order valence-electron chi connectivity index (χ2n) is 3.16. The molecule has 0 saturated heterocycles. The number of rotatable bonds is 1. The van der Waals surface area contributed by atoms with Crippen LogP contribution >= 0.6 is 0 Å². The van der Waals surface area contributed by atoms with Crippen LogP contribution < -0.4 is 4.74 Å². The summed E-state index contributed by atoms with van der Waals surface area (Å²) in [6, 6.07) is 9.11. The molecule has 0 atom stereocenters. The highest BCUT2D eigenvalue weighted by Gasteiger charge is 2.05. The summed E-state index contributed by atoms with van der Waals surface area (Å²) in [5.74, 6) is 0.110. The number of fused-ring (bicyclic) bond motifs is 1. The zero-order valence-electron chi connectivity index (χ0n) is 8.10. The van der Waals surface area contributed by atoms with Gasteiger partial charge in [-0.05, 0) is 18.6 Å². The summed E-state index contributed by atoms with van der Waals surface area (Å²) in [6.07, 6.45) is -1.35. The van der Waals surface area contributed by atoms with E-state index in [1.807, 2.05) is 31.2 Å². The number of benzene rings is 1. The molecule has 4 heteroatoms. The van der Waals surface area contributed by atoms with Crippen molar-refractivity contribution < 1.29 is 14.6 Å². The molecule has 0 amide bonds. The molecule has 76 valence electrons. The van der Waals surface area contributed by atoms with Crippen molar-refractivity contribution in [3.63, 3.8) is 0 Å². The molecule has 0 aliphatic heterocycles. The molecular formula is C11H9NO3. The number of ether oxygens (including phenoxy) is 1. The third-order valence-corrected chi connectivity index (χ3v) is 2.09. The Labute approximate surface area is 86.1 Å². The zero-order valence-corrected chi connectivity index (χ0v) is 8.10. The number of pyridine rings is 1. The molecule has 0 saturated carbocycles. The highest BCUT2D eigenvalue weighted by molar-refractivity contribution is 5.82. The second kappa shape index (κ2) is 3.57. The van der Waals surface area contributed by atoms with Crippen LogP contribution in [-0.2, 0) is 0 Å². The Balaban J connectivity index is 2.57. The van der Waals surface area contributed by atoms with Crippen molar-refractivity contribution >= 4 is 17.1 Å². The predicted octanol–water partition coefficient (Wildman–Crippen LogP) is 2.60. The summed E-state index contributed by atoms with van der Waals surface area (Å²) in [4.78, 5) is 14.4. The number of hydrogen-bond donors (Lipinski definition) is 1. The smallest absolute Gasteiger partial charge is 0.449 e. The number of hydrogen-bond acceptors (Lipinski definition) is 3. The van der Waals surface area contributed by atoms with E-state index in [-0.39, 0.29) is 5.88 Å². The molecule has 0 bridgehead atoms. The molecule has 0 aliphatic carbocycles. The summed E-state index contributed by atoms with van der Waals surface area (Å²) < 4.78 is 4.51. The molecule has 15 heavy (non-hydrogen) atoms. The Morgan fingerprint density at radius 3 is 2.87 bits per heavy atom. The number of aromatic nitrogens is 1. The van der Waals surface area contributed by atoms with E-state index in [2.05, 4.69) is 9.72 Å². The Bertz CT molecular complexity index is 522. The first-order chi connectivity index (χ1) is 7.16. The first-order valence-corrected chi connectivity index (χ1v) is 4.44. The first-order valence-electron chi connectivity index (χ1n) is 4.44. The summed E-state index contributed by atoms with van der Waals surface area (Å²) in [7, 11) is 0. The van der Waals surface area contributed by atoms with E-state index >= 15 is 0 Å². The van der Waals surface area contributed by atoms with Crippen molar-refractivity contribution in [2.75, 3.05) is 0 Å². The van der Waals surface area contributed by atoms with Gasteiger partial charge >= 0.3 is 6.16 Å². The largest absolute Gasteiger partial charge is 0.512 e. The molecule has 2 rings (SSSR count). The molecule has 0 unspecified atom stereocenters. The lowest BCUT2D eigenvalue weighted by Gasteiger charge is -2.04. The molecule has 4 nitrogen and oxygen atoms in total. The predicted molar refractivity (Wildman–Crippen MR) is 55.1 cm³/mol. The van der Waals surface area contributed by atoms with Crippen molar-refractivity contribution in [2.24, 2.45) is 0 Å². The normalized spacial score (nSPS) is 10.2. The number of carbonyl (C=O) groups is 1. The van der Waals surface area contributed by atoms with Crippen molar-refractivity contribution in [2.45, 2.75) is 6.92 Å². The number of carboxylic acid groups (broad SMARTS) is 1. The lowest BCUT2D eigenvalue weighted by Crippen LogP contribution is -2.04. The Morgan fingerprint density at radius 2 is 2.13 bits per heavy atom. The lowest BCUT2D eigenvalue weighted by molar-refractivity contribution is 0.142. The van der Waals surface area contributed by atoms with Gasteiger partial charge in [-0.2, -0.15) is 0 Å². The van der Waals surface area contributed by atoms with Gasteiger partial charge in [0, 0.05) is 11.5 Å². The van der Waals surface area contributed by atoms with Crippen LogP contribution in [0.4, 0.5) is 4.79 Å². The second-order valence-corrected chi connectivity index (χ2v) is 3.16. The van der Waals surface area contributed by atoms with Gasteiger partial charge in [-0.15, -0.1) is 0 Å². The van der Waals surface area contributed by atoms with Crippen molar-refractivity contribution in [1.82, 2.24) is 4.98 Å². The monoisotopic (exact) mass is 203 g/mol. The molecule has 1 N–H and O–H groups in total. The van der Waals surface area contributed by atoms with E-state index in [1.165, 1.54) is 0 Å². The van der Waals surface area contributed by atoms with Crippen LogP contribution in [0.1, 0.15) is 5.56 Å². The molecule has 1 aromatic heterocycles. The van der Waals surface area contributed by atoms with Crippen LogP contribution in [-0.4, -0.2) is 16.2 Å². The van der Waals surface area contributed by atoms with Crippen LogP contribution in [0.5, 0.6) is 5.88 Å². The van der Waals surface area contributed by atoms with Crippen LogP contribution in [0, 0.1) is 6.92 Å². The quantitative estimate of drug-likeness (QED) is 0.723. The third kappa shape index (κ3) is 1.88. The SMILES string of the molecule is Cc1cc(OC(=O)O)nc2ccccc12. The minimum Gasteiger partial charge on any atom is -0.449 e. The van der Waals surface area contributed by atoms with Crippen LogP contribution in [0.2, 0.25) is 0 Å². The molecule has 1 aromatic carbocycles. The lowest BCUT2D eigenvalue weighted by atomic mass is 10.1. The van der Waals surface area contributed by atoms with Gasteiger partial charge in [0.05, 0.1) is 5.52 Å². The van der Waals surface area contributed by atoms with Gasteiger partial charge in [-0.25, -0.2) is 9.78 Å². The Kier molecular flexibility index (Phi) is 2.25. The number of nitrogens with zero attached hydrogens (tertiary/aromatic N) is 1. The van der Waals surface area contributed by atoms with Crippen molar-refractivity contribution in [3.8, 4) is 5.88 Å². The van der Waals surface area contributed by atoms with Gasteiger partial charge < -0.3 is 9.84 Å². The van der Waals surface area contributed by atoms with Crippen LogP contribution in [0.15, 0.2) is 30.3 Å². The summed E-state index contributed by atoms with van der Waals surface area (Å²) in [6.45, 7) is 1.89. The Morgan fingerprint density at radius 1 is 1.40 bits per heavy atom. The fourth-order valence-electron chi connectivity index (χ4n) is 1.46. The van der Waals surface area contributed by atoms with Gasteiger partial charge in [-0.1, -0.05) is 18.2 Å². The van der Waals surface area contributed by atoms with Crippen molar-refractivity contribution in [1.29, 1.82) is 0 Å². The maximum absolute atomic E-state index is 10.4. The maximum atomic E-state index is 10.4. The number of aryl methyl sites for hydroxylation is 1. The topological polar surface area (TPSA) is 59.4 Å². The van der Waals surface area contributed by atoms with Gasteiger partial charge in [0.1, 0.15) is 0 Å². The summed E-state index contributed by atoms with van der Waals surface area (Å²) >= 11 is 0. The van der Waals surface area contributed by atoms with E-state index in [0.717, 1.165) is 16.5 Å². The van der Waals surface area contributed by atoms with Crippen molar-refractivity contribution in [3.05, 3.63) is 35.9 Å². The molecule has 0 aliphatic rings. The van der Waals surface area contributed by atoms with E-state index in [1.54, 1.807) is 6.07 Å². The highest BCUT2D eigenvalue weighted by Crippen LogP contribution is 2.20. The molecule has 1 heterocycles. The van der Waals surface area contributed by atoms with Gasteiger partial charge in [0.25, 0.3) is 0 Å². The van der Waals surface area contributed by atoms with E-state index in [9.17, 15) is 4.79 Å². The molecule has 2 aromatic rings. The molecular weight excluding hydrogens is 194 g/mol. The van der Waals surface area contributed by atoms with Gasteiger partial charge in [0.15, 0.2) is 0 Å². The van der Waals surface area contributed by atoms with Gasteiger partial charge in [-0.3, -0.25) is 0 Å². The first kappa shape index (κ1) is 9.45. The minimum absolute atomic E-state index is 0.110. The van der Waals surface area contributed by atoms with E-state index in [0.29, 0.717) is 0 Å². The fraction of sp³-hybridized carbons (Fsp3) is 0.0909. The van der Waals surface area contributed by atoms with Gasteiger partial charge in [0.2, 0.25) is 5.88 Å². The molecule has 0 spiro atoms. The fourth-order valence-corrected chi connectivity index (χ4v) is 1.46. The maximum Gasteiger partial charge on any atom is 0.512 e. The van der Waals surface area contributed by atoms with E-state index in [4.69, 9.17) is 5.11 Å². The highest BCUT2D eigenvalue weighted by atomic mass is 16.7. The molecule has 0 fully saturated rings. The van der Waals surface area contributed by atoms with Crippen LogP contribution in [0.25, 0.3) is 10.9 Å². The van der Waals surface area contributed by atoms with Crippen LogP contribution in [0.3, 0.4) is 0 Å². The summed E-state index contributed by atoms with van der Waals surface area (Å²) in [5.41, 5.74) is 1.67. The standard InChI is InChI=1S/C11H9NO3/c1-7-6-10(15-11(13)14)12-9-5-3-2-4-8(7)9/h2-6H,1H3,(H,13,14). The van der Waals surface area contributed by atoms with E-state index < -0.39 is 6.16 Å². The summed E-state index contributed by atoms with van der Waals surface area (Å²) in [5, 5.41) is 9.46. The number of para-hydroxylation sites is 1. The minimum atomic E-state index is -1.35. The average molecular weight is 203 g/mol. The zero-order chi connectivity index (χ0) is 10.8. The molecule has 0 radical (unpaired) electrons.